The number of esters is 1. The number of hydrogen-bond acceptors (Lipinski definition) is 3. The van der Waals surface area contributed by atoms with Crippen LogP contribution < -0.4 is 5.32 Å². The molecule has 1 fully saturated rings. The van der Waals surface area contributed by atoms with Crippen LogP contribution in [0.25, 0.3) is 0 Å². The summed E-state index contributed by atoms with van der Waals surface area (Å²) in [4.78, 5) is 23.4. The third-order valence-corrected chi connectivity index (χ3v) is 3.94. The van der Waals surface area contributed by atoms with Crippen LogP contribution in [-0.2, 0) is 26.9 Å². The van der Waals surface area contributed by atoms with Gasteiger partial charge in [0.25, 0.3) is 5.91 Å². The van der Waals surface area contributed by atoms with Crippen LogP contribution in [-0.4, -0.2) is 24.5 Å². The average Bonchev–Trinajstić information content (AvgIpc) is 2.53. The molecule has 1 amide bonds. The number of ether oxygens (including phenoxy) is 1. The van der Waals surface area contributed by atoms with E-state index in [1.54, 1.807) is 0 Å². The van der Waals surface area contributed by atoms with Crippen molar-refractivity contribution in [1.82, 2.24) is 5.32 Å². The van der Waals surface area contributed by atoms with Gasteiger partial charge in [-0.05, 0) is 24.5 Å². The van der Waals surface area contributed by atoms with Gasteiger partial charge in [0.1, 0.15) is 0 Å². The zero-order chi connectivity index (χ0) is 17.6. The number of alkyl halides is 3. The number of rotatable bonds is 5. The van der Waals surface area contributed by atoms with Crippen LogP contribution in [0.2, 0.25) is 0 Å². The smallest absolute Gasteiger partial charge is 0.416 e. The molecule has 1 N–H and O–H groups in total. The highest BCUT2D eigenvalue weighted by Crippen LogP contribution is 2.29. The van der Waals surface area contributed by atoms with E-state index in [-0.39, 0.29) is 23.9 Å². The third-order valence-electron chi connectivity index (χ3n) is 3.94. The summed E-state index contributed by atoms with van der Waals surface area (Å²) in [6, 6.07) is 4.61. The number of amides is 1. The van der Waals surface area contributed by atoms with Crippen LogP contribution in [0.3, 0.4) is 0 Å². The Morgan fingerprint density at radius 3 is 2.54 bits per heavy atom. The van der Waals surface area contributed by atoms with E-state index in [4.69, 9.17) is 4.74 Å². The van der Waals surface area contributed by atoms with Crippen molar-refractivity contribution in [3.63, 3.8) is 0 Å². The lowest BCUT2D eigenvalue weighted by Gasteiger charge is -2.22. The summed E-state index contributed by atoms with van der Waals surface area (Å²) in [7, 11) is 0. The van der Waals surface area contributed by atoms with Gasteiger partial charge < -0.3 is 10.1 Å². The monoisotopic (exact) mass is 343 g/mol. The van der Waals surface area contributed by atoms with Gasteiger partial charge in [-0.2, -0.15) is 13.2 Å². The lowest BCUT2D eigenvalue weighted by atomic mass is 9.95. The highest BCUT2D eigenvalue weighted by Gasteiger charge is 2.30. The normalized spacial score (nSPS) is 15.8. The number of hydrogen-bond donors (Lipinski definition) is 1. The highest BCUT2D eigenvalue weighted by molar-refractivity contribution is 5.81. The van der Waals surface area contributed by atoms with Crippen LogP contribution in [0.4, 0.5) is 13.2 Å². The molecule has 0 radical (unpaired) electrons. The van der Waals surface area contributed by atoms with Crippen molar-refractivity contribution in [1.29, 1.82) is 0 Å². The van der Waals surface area contributed by atoms with Crippen molar-refractivity contribution in [3.8, 4) is 0 Å². The molecule has 2 rings (SSSR count). The Kier molecular flexibility index (Phi) is 6.23. The van der Waals surface area contributed by atoms with Crippen LogP contribution in [0.1, 0.15) is 43.2 Å². The lowest BCUT2D eigenvalue weighted by Crippen LogP contribution is -2.38. The van der Waals surface area contributed by atoms with E-state index in [2.05, 4.69) is 5.32 Å². The molecule has 1 aliphatic rings. The summed E-state index contributed by atoms with van der Waals surface area (Å²) in [5.41, 5.74) is -0.620. The number of carbonyl (C=O) groups is 2. The first-order valence-electron chi connectivity index (χ1n) is 7.96. The predicted molar refractivity (Wildman–Crippen MR) is 81.1 cm³/mol. The van der Waals surface area contributed by atoms with Crippen molar-refractivity contribution >= 4 is 11.9 Å². The van der Waals surface area contributed by atoms with Crippen molar-refractivity contribution in [2.45, 2.75) is 50.7 Å². The Morgan fingerprint density at radius 1 is 1.17 bits per heavy atom. The molecule has 0 aromatic heterocycles. The molecule has 1 saturated carbocycles. The molecule has 132 valence electrons. The standard InChI is InChI=1S/C17H20F3NO3/c18-17(19,20)13-6-4-5-12(9-13)10-16(23)24-11-15(22)21-14-7-2-1-3-8-14/h4-6,9,14H,1-3,7-8,10-11H2,(H,21,22). The third kappa shape index (κ3) is 5.86. The first kappa shape index (κ1) is 18.3. The number of halogens is 3. The fourth-order valence-electron chi connectivity index (χ4n) is 2.74. The van der Waals surface area contributed by atoms with Crippen LogP contribution in [0, 0.1) is 0 Å². The van der Waals surface area contributed by atoms with Crippen LogP contribution in [0.15, 0.2) is 24.3 Å². The van der Waals surface area contributed by atoms with E-state index in [0.717, 1.165) is 37.8 Å². The van der Waals surface area contributed by atoms with Crippen molar-refractivity contribution in [2.24, 2.45) is 0 Å². The van der Waals surface area contributed by atoms with Gasteiger partial charge in [0.05, 0.1) is 12.0 Å². The summed E-state index contributed by atoms with van der Waals surface area (Å²) in [5, 5.41) is 2.80. The quantitative estimate of drug-likeness (QED) is 0.835. The number of carbonyl (C=O) groups excluding carboxylic acids is 2. The molecule has 1 aromatic rings. The first-order chi connectivity index (χ1) is 11.3. The topological polar surface area (TPSA) is 55.4 Å². The maximum absolute atomic E-state index is 12.6. The molecule has 0 saturated heterocycles. The molecule has 1 aromatic carbocycles. The van der Waals surface area contributed by atoms with Crippen molar-refractivity contribution in [3.05, 3.63) is 35.4 Å². The van der Waals surface area contributed by atoms with Gasteiger partial charge in [0.15, 0.2) is 6.61 Å². The van der Waals surface area contributed by atoms with Crippen molar-refractivity contribution < 1.29 is 27.5 Å². The minimum atomic E-state index is -4.46. The molecule has 0 heterocycles. The minimum absolute atomic E-state index is 0.119. The molecule has 1 aliphatic carbocycles. The molecular weight excluding hydrogens is 323 g/mol. The molecule has 0 aliphatic heterocycles. The summed E-state index contributed by atoms with van der Waals surface area (Å²) in [5.74, 6) is -1.10. The Hall–Kier alpha value is -2.05. The zero-order valence-electron chi connectivity index (χ0n) is 13.2. The van der Waals surface area contributed by atoms with Crippen molar-refractivity contribution in [2.75, 3.05) is 6.61 Å². The van der Waals surface area contributed by atoms with Gasteiger partial charge in [0, 0.05) is 6.04 Å². The summed E-state index contributed by atoms with van der Waals surface area (Å²) >= 11 is 0. The molecule has 0 atom stereocenters. The fourth-order valence-corrected chi connectivity index (χ4v) is 2.74. The van der Waals surface area contributed by atoms with E-state index in [1.165, 1.54) is 18.6 Å². The Labute approximate surface area is 138 Å². The Balaban J connectivity index is 1.77. The highest BCUT2D eigenvalue weighted by atomic mass is 19.4. The van der Waals surface area contributed by atoms with Gasteiger partial charge in [-0.1, -0.05) is 37.5 Å². The summed E-state index contributed by atoms with van der Waals surface area (Å²) < 4.78 is 42.7. The second-order valence-corrected chi connectivity index (χ2v) is 5.94. The molecular formula is C17H20F3NO3. The number of benzene rings is 1. The van der Waals surface area contributed by atoms with Gasteiger partial charge in [-0.3, -0.25) is 9.59 Å². The van der Waals surface area contributed by atoms with E-state index < -0.39 is 24.3 Å². The second-order valence-electron chi connectivity index (χ2n) is 5.94. The molecule has 7 heteroatoms. The number of nitrogens with one attached hydrogen (secondary N) is 1. The maximum atomic E-state index is 12.6. The second kappa shape index (κ2) is 8.17. The lowest BCUT2D eigenvalue weighted by molar-refractivity contribution is -0.148. The summed E-state index contributed by atoms with van der Waals surface area (Å²) in [6.07, 6.45) is 0.382. The molecule has 4 nitrogen and oxygen atoms in total. The largest absolute Gasteiger partial charge is 0.455 e. The predicted octanol–water partition coefficient (Wildman–Crippen LogP) is 3.24. The van der Waals surface area contributed by atoms with Crippen LogP contribution in [0.5, 0.6) is 0 Å². The SMILES string of the molecule is O=C(COC(=O)Cc1cccc(C(F)(F)F)c1)NC1CCCCC1. The van der Waals surface area contributed by atoms with Gasteiger partial charge in [0.2, 0.25) is 0 Å². The molecule has 0 unspecified atom stereocenters. The van der Waals surface area contributed by atoms with Gasteiger partial charge >= 0.3 is 12.1 Å². The Morgan fingerprint density at radius 2 is 1.88 bits per heavy atom. The maximum Gasteiger partial charge on any atom is 0.416 e. The van der Waals surface area contributed by atoms with E-state index in [0.29, 0.717) is 0 Å². The van der Waals surface area contributed by atoms with E-state index in [9.17, 15) is 22.8 Å². The molecule has 24 heavy (non-hydrogen) atoms. The van der Waals surface area contributed by atoms with Crippen LogP contribution >= 0.6 is 0 Å². The average molecular weight is 343 g/mol. The minimum Gasteiger partial charge on any atom is -0.455 e. The van der Waals surface area contributed by atoms with Gasteiger partial charge in [-0.25, -0.2) is 0 Å². The molecule has 0 bridgehead atoms. The van der Waals surface area contributed by atoms with Gasteiger partial charge in [-0.15, -0.1) is 0 Å². The molecule has 0 spiro atoms. The van der Waals surface area contributed by atoms with E-state index in [1.807, 2.05) is 0 Å². The summed E-state index contributed by atoms with van der Waals surface area (Å²) in [6.45, 7) is -0.408. The van der Waals surface area contributed by atoms with E-state index >= 15 is 0 Å². The first-order valence-corrected chi connectivity index (χ1v) is 7.96. The fraction of sp³-hybridized carbons (Fsp3) is 0.529. The Bertz CT molecular complexity index is 581. The zero-order valence-corrected chi connectivity index (χ0v) is 13.2.